The molecule has 1 aliphatic heterocycles. The third-order valence-electron chi connectivity index (χ3n) is 3.17. The van der Waals surface area contributed by atoms with E-state index in [0.29, 0.717) is 18.0 Å². The first-order valence-corrected chi connectivity index (χ1v) is 6.61. The van der Waals surface area contributed by atoms with Gasteiger partial charge < -0.3 is 14.4 Å². The maximum atomic E-state index is 11.4. The molecule has 0 aromatic heterocycles. The number of ether oxygens (including phenoxy) is 2. The normalized spacial score (nSPS) is 14.3. The van der Waals surface area contributed by atoms with E-state index in [0.717, 1.165) is 18.8 Å². The van der Waals surface area contributed by atoms with Gasteiger partial charge in [-0.2, -0.15) is 0 Å². The summed E-state index contributed by atoms with van der Waals surface area (Å²) in [5, 5.41) is 2.68. The Kier molecular flexibility index (Phi) is 4.49. The fourth-order valence-electron chi connectivity index (χ4n) is 2.23. The molecule has 2 rings (SSSR count). The van der Waals surface area contributed by atoms with E-state index in [2.05, 4.69) is 10.2 Å². The third-order valence-corrected chi connectivity index (χ3v) is 3.17. The van der Waals surface area contributed by atoms with E-state index in [1.807, 2.05) is 18.2 Å². The highest BCUT2D eigenvalue weighted by Gasteiger charge is 2.15. The van der Waals surface area contributed by atoms with Crippen LogP contribution in [-0.4, -0.2) is 32.9 Å². The van der Waals surface area contributed by atoms with Crippen molar-refractivity contribution in [3.8, 4) is 5.75 Å². The smallest absolute Gasteiger partial charge is 0.411 e. The zero-order chi connectivity index (χ0) is 13.7. The van der Waals surface area contributed by atoms with Gasteiger partial charge in [-0.25, -0.2) is 4.79 Å². The average Bonchev–Trinajstić information content (AvgIpc) is 2.93. The van der Waals surface area contributed by atoms with Crippen molar-refractivity contribution in [2.24, 2.45) is 0 Å². The van der Waals surface area contributed by atoms with Gasteiger partial charge in [-0.15, -0.1) is 0 Å². The number of nitrogens with one attached hydrogen (secondary N) is 1. The van der Waals surface area contributed by atoms with Crippen LogP contribution in [-0.2, 0) is 4.74 Å². The SMILES string of the molecule is CCOC(=O)Nc1ccc(N2CCCC2)cc1OC. The molecular weight excluding hydrogens is 244 g/mol. The lowest BCUT2D eigenvalue weighted by molar-refractivity contribution is 0.168. The molecule has 1 aromatic rings. The number of rotatable bonds is 4. The van der Waals surface area contributed by atoms with E-state index in [1.165, 1.54) is 12.8 Å². The van der Waals surface area contributed by atoms with E-state index in [1.54, 1.807) is 14.0 Å². The largest absolute Gasteiger partial charge is 0.494 e. The molecule has 1 heterocycles. The highest BCUT2D eigenvalue weighted by molar-refractivity contribution is 5.87. The van der Waals surface area contributed by atoms with Crippen LogP contribution in [0.5, 0.6) is 5.75 Å². The van der Waals surface area contributed by atoms with Gasteiger partial charge >= 0.3 is 6.09 Å². The minimum atomic E-state index is -0.463. The van der Waals surface area contributed by atoms with Crippen molar-refractivity contribution < 1.29 is 14.3 Å². The summed E-state index contributed by atoms with van der Waals surface area (Å²) in [5.74, 6) is 0.650. The van der Waals surface area contributed by atoms with Crippen molar-refractivity contribution in [1.29, 1.82) is 0 Å². The molecule has 5 heteroatoms. The molecule has 0 atom stereocenters. The Balaban J connectivity index is 2.13. The van der Waals surface area contributed by atoms with Gasteiger partial charge in [0.1, 0.15) is 5.75 Å². The van der Waals surface area contributed by atoms with Gasteiger partial charge in [0.25, 0.3) is 0 Å². The van der Waals surface area contributed by atoms with Crippen LogP contribution in [0.3, 0.4) is 0 Å². The summed E-state index contributed by atoms with van der Waals surface area (Å²) in [6, 6.07) is 5.80. The summed E-state index contributed by atoms with van der Waals surface area (Å²) in [5.41, 5.74) is 1.76. The van der Waals surface area contributed by atoms with Gasteiger partial charge in [0.15, 0.2) is 0 Å². The molecule has 104 valence electrons. The highest BCUT2D eigenvalue weighted by Crippen LogP contribution is 2.31. The summed E-state index contributed by atoms with van der Waals surface area (Å²) in [6.07, 6.45) is 1.99. The molecule has 1 aliphatic rings. The maximum Gasteiger partial charge on any atom is 0.411 e. The number of nitrogens with zero attached hydrogens (tertiary/aromatic N) is 1. The van der Waals surface area contributed by atoms with Crippen LogP contribution in [0.2, 0.25) is 0 Å². The zero-order valence-electron chi connectivity index (χ0n) is 11.4. The van der Waals surface area contributed by atoms with Gasteiger partial charge in [0.2, 0.25) is 0 Å². The molecule has 1 N–H and O–H groups in total. The molecule has 1 saturated heterocycles. The molecule has 1 amide bonds. The molecular formula is C14H20N2O3. The van der Waals surface area contributed by atoms with Crippen LogP contribution in [0, 0.1) is 0 Å². The molecule has 0 saturated carbocycles. The fraction of sp³-hybridized carbons (Fsp3) is 0.500. The topological polar surface area (TPSA) is 50.8 Å². The number of amides is 1. The summed E-state index contributed by atoms with van der Waals surface area (Å²) in [7, 11) is 1.60. The van der Waals surface area contributed by atoms with Gasteiger partial charge in [-0.05, 0) is 31.9 Å². The lowest BCUT2D eigenvalue weighted by Crippen LogP contribution is -2.18. The maximum absolute atomic E-state index is 11.4. The number of anilines is 2. The monoisotopic (exact) mass is 264 g/mol. The summed E-state index contributed by atoms with van der Waals surface area (Å²) in [6.45, 7) is 4.27. The Morgan fingerprint density at radius 1 is 1.37 bits per heavy atom. The Hall–Kier alpha value is -1.91. The Bertz CT molecular complexity index is 442. The number of hydrogen-bond donors (Lipinski definition) is 1. The molecule has 1 aromatic carbocycles. The second-order valence-corrected chi connectivity index (χ2v) is 4.42. The summed E-state index contributed by atoms with van der Waals surface area (Å²) in [4.78, 5) is 13.7. The first kappa shape index (κ1) is 13.5. The molecule has 1 fully saturated rings. The molecule has 0 bridgehead atoms. The van der Waals surface area contributed by atoms with Gasteiger partial charge in [0, 0.05) is 24.8 Å². The van der Waals surface area contributed by atoms with E-state index < -0.39 is 6.09 Å². The number of benzene rings is 1. The number of hydrogen-bond acceptors (Lipinski definition) is 4. The molecule has 5 nitrogen and oxygen atoms in total. The molecule has 0 radical (unpaired) electrons. The molecule has 19 heavy (non-hydrogen) atoms. The average molecular weight is 264 g/mol. The summed E-state index contributed by atoms with van der Waals surface area (Å²) >= 11 is 0. The minimum absolute atomic E-state index is 0.347. The predicted molar refractivity (Wildman–Crippen MR) is 75.1 cm³/mol. The van der Waals surface area contributed by atoms with Crippen molar-refractivity contribution in [1.82, 2.24) is 0 Å². The first-order valence-electron chi connectivity index (χ1n) is 6.61. The Labute approximate surface area is 113 Å². The molecule has 0 aliphatic carbocycles. The van der Waals surface area contributed by atoms with Crippen molar-refractivity contribution in [3.05, 3.63) is 18.2 Å². The Morgan fingerprint density at radius 3 is 2.74 bits per heavy atom. The third kappa shape index (κ3) is 3.30. The van der Waals surface area contributed by atoms with Crippen LogP contribution >= 0.6 is 0 Å². The van der Waals surface area contributed by atoms with E-state index in [9.17, 15) is 4.79 Å². The van der Waals surface area contributed by atoms with E-state index in [4.69, 9.17) is 9.47 Å². The summed E-state index contributed by atoms with van der Waals surface area (Å²) < 4.78 is 10.2. The van der Waals surface area contributed by atoms with Crippen LogP contribution in [0.15, 0.2) is 18.2 Å². The number of carbonyl (C=O) groups is 1. The molecule has 0 unspecified atom stereocenters. The van der Waals surface area contributed by atoms with Crippen molar-refractivity contribution >= 4 is 17.5 Å². The fourth-order valence-corrected chi connectivity index (χ4v) is 2.23. The first-order chi connectivity index (χ1) is 9.24. The predicted octanol–water partition coefficient (Wildman–Crippen LogP) is 2.86. The minimum Gasteiger partial charge on any atom is -0.494 e. The second kappa shape index (κ2) is 6.31. The number of methoxy groups -OCH3 is 1. The van der Waals surface area contributed by atoms with Crippen LogP contribution in [0.1, 0.15) is 19.8 Å². The van der Waals surface area contributed by atoms with E-state index >= 15 is 0 Å². The van der Waals surface area contributed by atoms with Gasteiger partial charge in [-0.1, -0.05) is 0 Å². The quantitative estimate of drug-likeness (QED) is 0.908. The zero-order valence-corrected chi connectivity index (χ0v) is 11.4. The van der Waals surface area contributed by atoms with Crippen LogP contribution in [0.4, 0.5) is 16.2 Å². The number of carbonyl (C=O) groups excluding carboxylic acids is 1. The lowest BCUT2D eigenvalue weighted by atomic mass is 10.2. The van der Waals surface area contributed by atoms with Gasteiger partial charge in [-0.3, -0.25) is 5.32 Å². The van der Waals surface area contributed by atoms with Crippen molar-refractivity contribution in [3.63, 3.8) is 0 Å². The second-order valence-electron chi connectivity index (χ2n) is 4.42. The Morgan fingerprint density at radius 2 is 2.11 bits per heavy atom. The lowest BCUT2D eigenvalue weighted by Gasteiger charge is -2.19. The van der Waals surface area contributed by atoms with E-state index in [-0.39, 0.29) is 0 Å². The van der Waals surface area contributed by atoms with Crippen LogP contribution in [0.25, 0.3) is 0 Å². The molecule has 0 spiro atoms. The van der Waals surface area contributed by atoms with Crippen molar-refractivity contribution in [2.45, 2.75) is 19.8 Å². The highest BCUT2D eigenvalue weighted by atomic mass is 16.5. The van der Waals surface area contributed by atoms with Crippen molar-refractivity contribution in [2.75, 3.05) is 37.0 Å². The standard InChI is InChI=1S/C14H20N2O3/c1-3-19-14(17)15-12-7-6-11(10-13(12)18-2)16-8-4-5-9-16/h6-7,10H,3-5,8-9H2,1-2H3,(H,15,17). The van der Waals surface area contributed by atoms with Crippen LogP contribution < -0.4 is 15.0 Å². The van der Waals surface area contributed by atoms with Gasteiger partial charge in [0.05, 0.1) is 19.4 Å².